The highest BCUT2D eigenvalue weighted by Crippen LogP contribution is 2.31. The van der Waals surface area contributed by atoms with Gasteiger partial charge in [0.25, 0.3) is 5.91 Å². The van der Waals surface area contributed by atoms with Crippen molar-refractivity contribution in [2.24, 2.45) is 10.7 Å². The van der Waals surface area contributed by atoms with Gasteiger partial charge in [0.1, 0.15) is 18.1 Å². The Bertz CT molecular complexity index is 887. The summed E-state index contributed by atoms with van der Waals surface area (Å²) >= 11 is 0. The molecule has 2 aromatic rings. The lowest BCUT2D eigenvalue weighted by molar-refractivity contribution is -0.0495. The number of anilines is 1. The standard InChI is InChI=1S/C20H25F2N5O3/c1-2-24-20(25-11-14-7-8-17(29-14)18(23)28)26-13-9-10-27(12-13)15-5-3-4-6-16(15)30-19(21)22/h3-8,13,19H,2,9-12H2,1H3,(H2,23,28)(H2,24,25,26). The molecule has 4 N–H and O–H groups in total. The molecule has 1 saturated heterocycles. The third kappa shape index (κ3) is 5.62. The summed E-state index contributed by atoms with van der Waals surface area (Å²) in [4.78, 5) is 17.6. The molecule has 1 unspecified atom stereocenters. The van der Waals surface area contributed by atoms with E-state index < -0.39 is 12.5 Å². The number of primary amides is 1. The molecule has 1 aromatic carbocycles. The van der Waals surface area contributed by atoms with E-state index in [1.807, 2.05) is 11.8 Å². The minimum Gasteiger partial charge on any atom is -0.454 e. The molecular weight excluding hydrogens is 396 g/mol. The maximum atomic E-state index is 12.7. The van der Waals surface area contributed by atoms with Crippen molar-refractivity contribution in [3.05, 3.63) is 47.9 Å². The Balaban J connectivity index is 1.62. The van der Waals surface area contributed by atoms with Crippen LogP contribution in [0.25, 0.3) is 0 Å². The van der Waals surface area contributed by atoms with Gasteiger partial charge in [0.2, 0.25) is 0 Å². The van der Waals surface area contributed by atoms with E-state index in [0.29, 0.717) is 37.0 Å². The second kappa shape index (κ2) is 9.95. The number of guanidine groups is 1. The molecule has 1 aliphatic rings. The highest BCUT2D eigenvalue weighted by atomic mass is 19.3. The molecule has 1 aromatic heterocycles. The number of rotatable bonds is 8. The number of hydrogen-bond donors (Lipinski definition) is 3. The maximum absolute atomic E-state index is 12.7. The van der Waals surface area contributed by atoms with Crippen molar-refractivity contribution in [3.8, 4) is 5.75 Å². The van der Waals surface area contributed by atoms with Crippen molar-refractivity contribution in [1.29, 1.82) is 0 Å². The number of benzene rings is 1. The third-order valence-electron chi connectivity index (χ3n) is 4.59. The Morgan fingerprint density at radius 2 is 2.17 bits per heavy atom. The number of ether oxygens (including phenoxy) is 1. The van der Waals surface area contributed by atoms with Gasteiger partial charge in [-0.1, -0.05) is 12.1 Å². The second-order valence-corrected chi connectivity index (χ2v) is 6.75. The summed E-state index contributed by atoms with van der Waals surface area (Å²) in [6.07, 6.45) is 0.806. The highest BCUT2D eigenvalue weighted by Gasteiger charge is 2.26. The first kappa shape index (κ1) is 21.4. The van der Waals surface area contributed by atoms with Crippen LogP contribution in [0.1, 0.15) is 29.7 Å². The Kier molecular flexibility index (Phi) is 7.10. The molecule has 0 aliphatic carbocycles. The Hall–Kier alpha value is -3.30. The maximum Gasteiger partial charge on any atom is 0.387 e. The molecule has 0 saturated carbocycles. The fourth-order valence-electron chi connectivity index (χ4n) is 3.28. The zero-order valence-electron chi connectivity index (χ0n) is 16.6. The normalized spacial score (nSPS) is 16.7. The first-order valence-electron chi connectivity index (χ1n) is 9.68. The molecule has 162 valence electrons. The molecule has 1 atom stereocenters. The summed E-state index contributed by atoms with van der Waals surface area (Å²) < 4.78 is 35.3. The van der Waals surface area contributed by atoms with Gasteiger partial charge in [0.15, 0.2) is 11.7 Å². The summed E-state index contributed by atoms with van der Waals surface area (Å²) in [5.74, 6) is 0.745. The van der Waals surface area contributed by atoms with E-state index in [1.54, 1.807) is 24.3 Å². The second-order valence-electron chi connectivity index (χ2n) is 6.75. The smallest absolute Gasteiger partial charge is 0.387 e. The molecule has 0 spiro atoms. The molecule has 10 heteroatoms. The predicted molar refractivity (Wildman–Crippen MR) is 109 cm³/mol. The zero-order valence-corrected chi connectivity index (χ0v) is 16.6. The van der Waals surface area contributed by atoms with Crippen LogP contribution in [0.2, 0.25) is 0 Å². The van der Waals surface area contributed by atoms with Crippen LogP contribution in [0.5, 0.6) is 5.75 Å². The Morgan fingerprint density at radius 1 is 1.37 bits per heavy atom. The molecule has 3 rings (SSSR count). The first-order valence-corrected chi connectivity index (χ1v) is 9.68. The number of para-hydroxylation sites is 2. The lowest BCUT2D eigenvalue weighted by Gasteiger charge is -2.22. The van der Waals surface area contributed by atoms with Crippen LogP contribution in [0, 0.1) is 0 Å². The number of hydrogen-bond acceptors (Lipinski definition) is 5. The number of nitrogens with zero attached hydrogens (tertiary/aromatic N) is 2. The van der Waals surface area contributed by atoms with Gasteiger partial charge in [-0.25, -0.2) is 4.99 Å². The van der Waals surface area contributed by atoms with Crippen LogP contribution in [-0.4, -0.2) is 44.2 Å². The number of halogens is 2. The third-order valence-corrected chi connectivity index (χ3v) is 4.59. The molecule has 0 radical (unpaired) electrons. The van der Waals surface area contributed by atoms with Crippen LogP contribution in [0.4, 0.5) is 14.5 Å². The van der Waals surface area contributed by atoms with Gasteiger partial charge >= 0.3 is 6.61 Å². The average molecular weight is 421 g/mol. The number of carbonyl (C=O) groups is 1. The fraction of sp³-hybridized carbons (Fsp3) is 0.400. The van der Waals surface area contributed by atoms with Gasteiger partial charge < -0.3 is 30.4 Å². The number of alkyl halides is 2. The summed E-state index contributed by atoms with van der Waals surface area (Å²) in [5, 5.41) is 6.52. The highest BCUT2D eigenvalue weighted by molar-refractivity contribution is 5.89. The van der Waals surface area contributed by atoms with Crippen LogP contribution < -0.4 is 26.0 Å². The zero-order chi connectivity index (χ0) is 21.5. The van der Waals surface area contributed by atoms with Crippen molar-refractivity contribution in [3.63, 3.8) is 0 Å². The van der Waals surface area contributed by atoms with Gasteiger partial charge in [-0.2, -0.15) is 8.78 Å². The van der Waals surface area contributed by atoms with E-state index in [-0.39, 0.29) is 24.1 Å². The molecular formula is C20H25F2N5O3. The minimum absolute atomic E-state index is 0.0696. The molecule has 1 aliphatic heterocycles. The molecule has 0 bridgehead atoms. The molecule has 30 heavy (non-hydrogen) atoms. The van der Waals surface area contributed by atoms with Crippen molar-refractivity contribution >= 4 is 17.6 Å². The van der Waals surface area contributed by atoms with Gasteiger partial charge in [-0.3, -0.25) is 4.79 Å². The number of nitrogens with two attached hydrogens (primary N) is 1. The van der Waals surface area contributed by atoms with E-state index in [9.17, 15) is 13.6 Å². The summed E-state index contributed by atoms with van der Waals surface area (Å²) in [6.45, 7) is 1.30. The lowest BCUT2D eigenvalue weighted by Crippen LogP contribution is -2.44. The Morgan fingerprint density at radius 3 is 2.87 bits per heavy atom. The van der Waals surface area contributed by atoms with Crippen molar-refractivity contribution in [1.82, 2.24) is 10.6 Å². The quantitative estimate of drug-likeness (QED) is 0.446. The van der Waals surface area contributed by atoms with E-state index in [2.05, 4.69) is 20.4 Å². The monoisotopic (exact) mass is 421 g/mol. The largest absolute Gasteiger partial charge is 0.454 e. The minimum atomic E-state index is -2.87. The number of nitrogens with one attached hydrogen (secondary N) is 2. The SMILES string of the molecule is CCNC(=NCc1ccc(C(N)=O)o1)NC1CCN(c2ccccc2OC(F)F)C1. The number of furan rings is 1. The number of carbonyl (C=O) groups excluding carboxylic acids is 1. The summed E-state index contributed by atoms with van der Waals surface area (Å²) in [5.41, 5.74) is 5.83. The molecule has 1 amide bonds. The van der Waals surface area contributed by atoms with Crippen LogP contribution in [-0.2, 0) is 6.54 Å². The van der Waals surface area contributed by atoms with Gasteiger partial charge in [-0.15, -0.1) is 0 Å². The number of amides is 1. The van der Waals surface area contributed by atoms with Gasteiger partial charge in [0.05, 0.1) is 5.69 Å². The average Bonchev–Trinajstić information content (AvgIpc) is 3.36. The van der Waals surface area contributed by atoms with Crippen LogP contribution in [0.15, 0.2) is 45.8 Å². The number of aliphatic imine (C=N–C) groups is 1. The summed E-state index contributed by atoms with van der Waals surface area (Å²) in [7, 11) is 0. The Labute approximate surface area is 173 Å². The van der Waals surface area contributed by atoms with Gasteiger partial charge in [-0.05, 0) is 37.6 Å². The first-order chi connectivity index (χ1) is 14.5. The topological polar surface area (TPSA) is 105 Å². The van der Waals surface area contributed by atoms with Crippen LogP contribution in [0.3, 0.4) is 0 Å². The van der Waals surface area contributed by atoms with Gasteiger partial charge in [0, 0.05) is 25.7 Å². The summed E-state index contributed by atoms with van der Waals surface area (Å²) in [6, 6.07) is 10.0. The molecule has 8 nitrogen and oxygen atoms in total. The molecule has 2 heterocycles. The lowest BCUT2D eigenvalue weighted by atomic mass is 10.2. The van der Waals surface area contributed by atoms with E-state index >= 15 is 0 Å². The van der Waals surface area contributed by atoms with E-state index in [0.717, 1.165) is 6.42 Å². The van der Waals surface area contributed by atoms with Crippen molar-refractivity contribution in [2.75, 3.05) is 24.5 Å². The van der Waals surface area contributed by atoms with E-state index in [4.69, 9.17) is 10.2 Å². The van der Waals surface area contributed by atoms with Crippen molar-refractivity contribution in [2.45, 2.75) is 32.5 Å². The fourth-order valence-corrected chi connectivity index (χ4v) is 3.28. The van der Waals surface area contributed by atoms with E-state index in [1.165, 1.54) is 12.1 Å². The van der Waals surface area contributed by atoms with Crippen molar-refractivity contribution < 1.29 is 22.7 Å². The predicted octanol–water partition coefficient (Wildman–Crippen LogP) is 2.31. The van der Waals surface area contributed by atoms with Crippen LogP contribution >= 0.6 is 0 Å². The molecule has 1 fully saturated rings.